The molecule has 1 aliphatic carbocycles. The molecule has 1 unspecified atom stereocenters. The first kappa shape index (κ1) is 24.5. The highest BCUT2D eigenvalue weighted by Gasteiger charge is 2.36. The Balaban J connectivity index is 1.51. The number of fused-ring (bicyclic) bond motifs is 1. The lowest BCUT2D eigenvalue weighted by Gasteiger charge is -2.21. The molecule has 1 fully saturated rings. The first-order valence-electron chi connectivity index (χ1n) is 12.0. The second-order valence-electron chi connectivity index (χ2n) is 9.49. The molecular formula is C26H21F5N6O. The zero-order valence-corrected chi connectivity index (χ0v) is 20.4. The van der Waals surface area contributed by atoms with Crippen molar-refractivity contribution in [2.75, 3.05) is 6.61 Å². The second-order valence-corrected chi connectivity index (χ2v) is 9.49. The van der Waals surface area contributed by atoms with E-state index < -0.39 is 35.0 Å². The number of alkyl halides is 3. The van der Waals surface area contributed by atoms with Crippen LogP contribution in [-0.4, -0.2) is 36.3 Å². The van der Waals surface area contributed by atoms with Crippen LogP contribution in [0.4, 0.5) is 22.0 Å². The number of aryl methyl sites for hydroxylation is 2. The summed E-state index contributed by atoms with van der Waals surface area (Å²) in [7, 11) is 0. The SMILES string of the molecule is Cc1nc2nc(C3=CC(c4cnn(C5CC5)c4)OCC3)nc(-c3cc(C(F)(F)F)c(F)cc3F)c2nc1C. The maximum atomic E-state index is 15.0. The maximum Gasteiger partial charge on any atom is 0.419 e. The molecule has 2 aliphatic rings. The van der Waals surface area contributed by atoms with E-state index in [-0.39, 0.29) is 28.7 Å². The fourth-order valence-electron chi connectivity index (χ4n) is 4.42. The number of hydrogen-bond donors (Lipinski definition) is 0. The summed E-state index contributed by atoms with van der Waals surface area (Å²) in [5.74, 6) is -2.75. The van der Waals surface area contributed by atoms with Crippen molar-refractivity contribution in [2.45, 2.75) is 51.4 Å². The van der Waals surface area contributed by atoms with Crippen molar-refractivity contribution >= 4 is 16.7 Å². The number of halogens is 5. The molecule has 7 nitrogen and oxygen atoms in total. The quantitative estimate of drug-likeness (QED) is 0.299. The zero-order valence-electron chi connectivity index (χ0n) is 20.4. The second kappa shape index (κ2) is 8.90. The summed E-state index contributed by atoms with van der Waals surface area (Å²) in [5.41, 5.74) is 0.303. The largest absolute Gasteiger partial charge is 0.419 e. The highest BCUT2D eigenvalue weighted by Crippen LogP contribution is 2.39. The van der Waals surface area contributed by atoms with Crippen molar-refractivity contribution < 1.29 is 26.7 Å². The molecule has 1 aromatic carbocycles. The molecule has 0 spiro atoms. The van der Waals surface area contributed by atoms with E-state index in [1.165, 1.54) is 0 Å². The molecule has 1 atom stereocenters. The van der Waals surface area contributed by atoms with E-state index >= 15 is 0 Å². The highest BCUT2D eigenvalue weighted by molar-refractivity contribution is 5.88. The zero-order chi connectivity index (χ0) is 26.8. The minimum absolute atomic E-state index is 0.0189. The van der Waals surface area contributed by atoms with Gasteiger partial charge in [-0.05, 0) is 50.8 Å². The summed E-state index contributed by atoms with van der Waals surface area (Å²) in [6.45, 7) is 3.71. The Morgan fingerprint density at radius 2 is 1.74 bits per heavy atom. The van der Waals surface area contributed by atoms with Crippen LogP contribution in [0, 0.1) is 25.5 Å². The predicted octanol–water partition coefficient (Wildman–Crippen LogP) is 6.08. The third-order valence-electron chi connectivity index (χ3n) is 6.74. The summed E-state index contributed by atoms with van der Waals surface area (Å²) in [6, 6.07) is 1.03. The molecule has 0 amide bonds. The molecule has 1 saturated carbocycles. The number of rotatable bonds is 4. The Bertz CT molecular complexity index is 1610. The van der Waals surface area contributed by atoms with Gasteiger partial charge in [0, 0.05) is 23.4 Å². The summed E-state index contributed by atoms with van der Waals surface area (Å²) >= 11 is 0. The van der Waals surface area contributed by atoms with Gasteiger partial charge in [-0.1, -0.05) is 0 Å². The number of benzene rings is 1. The standard InChI is InChI=1S/C26H21F5N6O/c1-12-13(2)34-25-23(33-12)22(17-8-18(26(29,30)31)20(28)9-19(17)27)35-24(36-25)14-5-6-38-21(7-14)15-10-32-37(11-15)16-3-4-16/h7-11,16,21H,3-6H2,1-2H3. The van der Waals surface area contributed by atoms with E-state index in [4.69, 9.17) is 4.74 Å². The molecule has 38 heavy (non-hydrogen) atoms. The van der Waals surface area contributed by atoms with Crippen LogP contribution in [0.2, 0.25) is 0 Å². The van der Waals surface area contributed by atoms with Gasteiger partial charge in [-0.3, -0.25) is 4.68 Å². The van der Waals surface area contributed by atoms with Crippen molar-refractivity contribution in [1.82, 2.24) is 29.7 Å². The van der Waals surface area contributed by atoms with E-state index in [2.05, 4.69) is 25.0 Å². The van der Waals surface area contributed by atoms with Gasteiger partial charge in [0.2, 0.25) is 0 Å². The van der Waals surface area contributed by atoms with Crippen molar-refractivity contribution in [3.05, 3.63) is 70.6 Å². The fraction of sp³-hybridized carbons (Fsp3) is 0.346. The molecule has 3 aromatic heterocycles. The van der Waals surface area contributed by atoms with E-state index in [1.807, 2.05) is 17.0 Å². The minimum atomic E-state index is -5.03. The van der Waals surface area contributed by atoms with E-state index in [0.717, 1.165) is 18.4 Å². The van der Waals surface area contributed by atoms with Crippen LogP contribution in [0.1, 0.15) is 59.7 Å². The van der Waals surface area contributed by atoms with Crippen molar-refractivity contribution in [3.63, 3.8) is 0 Å². The van der Waals surface area contributed by atoms with Crippen molar-refractivity contribution in [2.24, 2.45) is 0 Å². The first-order valence-corrected chi connectivity index (χ1v) is 12.0. The summed E-state index contributed by atoms with van der Waals surface area (Å²) < 4.78 is 77.3. The van der Waals surface area contributed by atoms with Crippen LogP contribution in [0.25, 0.3) is 28.0 Å². The van der Waals surface area contributed by atoms with Gasteiger partial charge in [-0.2, -0.15) is 18.3 Å². The Labute approximate surface area is 213 Å². The molecule has 6 rings (SSSR count). The van der Waals surface area contributed by atoms with Crippen LogP contribution >= 0.6 is 0 Å². The molecule has 0 bridgehead atoms. The lowest BCUT2D eigenvalue weighted by molar-refractivity contribution is -0.140. The van der Waals surface area contributed by atoms with Crippen LogP contribution in [-0.2, 0) is 10.9 Å². The van der Waals surface area contributed by atoms with Crippen LogP contribution in [0.15, 0.2) is 30.6 Å². The van der Waals surface area contributed by atoms with E-state index in [9.17, 15) is 22.0 Å². The molecule has 196 valence electrons. The lowest BCUT2D eigenvalue weighted by atomic mass is 10.0. The molecule has 0 radical (unpaired) electrons. The monoisotopic (exact) mass is 528 g/mol. The van der Waals surface area contributed by atoms with Gasteiger partial charge in [0.15, 0.2) is 11.5 Å². The Morgan fingerprint density at radius 3 is 2.47 bits per heavy atom. The van der Waals surface area contributed by atoms with Crippen LogP contribution < -0.4 is 0 Å². The lowest BCUT2D eigenvalue weighted by Crippen LogP contribution is -2.13. The summed E-state index contributed by atoms with van der Waals surface area (Å²) in [5, 5.41) is 4.40. The molecule has 0 N–H and O–H groups in total. The summed E-state index contributed by atoms with van der Waals surface area (Å²) in [4.78, 5) is 17.8. The van der Waals surface area contributed by atoms with Gasteiger partial charge >= 0.3 is 6.18 Å². The first-order chi connectivity index (χ1) is 18.1. The van der Waals surface area contributed by atoms with Gasteiger partial charge in [0.25, 0.3) is 0 Å². The number of aromatic nitrogens is 6. The highest BCUT2D eigenvalue weighted by atomic mass is 19.4. The molecule has 4 aromatic rings. The third kappa shape index (κ3) is 4.42. The van der Waals surface area contributed by atoms with Crippen LogP contribution in [0.3, 0.4) is 0 Å². The number of hydrogen-bond acceptors (Lipinski definition) is 6. The fourth-order valence-corrected chi connectivity index (χ4v) is 4.42. The van der Waals surface area contributed by atoms with Gasteiger partial charge in [0.05, 0.1) is 35.8 Å². The van der Waals surface area contributed by atoms with Gasteiger partial charge < -0.3 is 4.74 Å². The Kier molecular flexibility index (Phi) is 5.74. The van der Waals surface area contributed by atoms with E-state index in [0.29, 0.717) is 42.1 Å². The predicted molar refractivity (Wildman–Crippen MR) is 127 cm³/mol. The number of nitrogens with zero attached hydrogens (tertiary/aromatic N) is 6. The molecule has 4 heterocycles. The third-order valence-corrected chi connectivity index (χ3v) is 6.74. The van der Waals surface area contributed by atoms with E-state index in [1.54, 1.807) is 20.0 Å². The van der Waals surface area contributed by atoms with Crippen molar-refractivity contribution in [1.29, 1.82) is 0 Å². The van der Waals surface area contributed by atoms with Gasteiger partial charge in [0.1, 0.15) is 28.9 Å². The van der Waals surface area contributed by atoms with Gasteiger partial charge in [-0.15, -0.1) is 0 Å². The van der Waals surface area contributed by atoms with Crippen molar-refractivity contribution in [3.8, 4) is 11.3 Å². The molecule has 12 heteroatoms. The minimum Gasteiger partial charge on any atom is -0.369 e. The average Bonchev–Trinajstić information content (AvgIpc) is 3.60. The average molecular weight is 528 g/mol. The molecule has 0 saturated heterocycles. The molecule has 1 aliphatic heterocycles. The number of ether oxygens (including phenoxy) is 1. The smallest absolute Gasteiger partial charge is 0.369 e. The van der Waals surface area contributed by atoms with Crippen LogP contribution in [0.5, 0.6) is 0 Å². The normalized spacial score (nSPS) is 18.2. The summed E-state index contributed by atoms with van der Waals surface area (Å²) in [6.07, 6.45) is 2.60. The Morgan fingerprint density at radius 1 is 0.974 bits per heavy atom. The van der Waals surface area contributed by atoms with Gasteiger partial charge in [-0.25, -0.2) is 28.7 Å². The topological polar surface area (TPSA) is 78.6 Å². The Hall–Kier alpha value is -3.80. The maximum absolute atomic E-state index is 15.0. The molecular weight excluding hydrogens is 507 g/mol.